The number of aliphatic hydroxyl groups excluding tert-OH is 1. The first-order valence-electron chi connectivity index (χ1n) is 11.6. The lowest BCUT2D eigenvalue weighted by Gasteiger charge is -2.42. The van der Waals surface area contributed by atoms with Crippen molar-refractivity contribution in [1.29, 1.82) is 5.26 Å². The van der Waals surface area contributed by atoms with Crippen molar-refractivity contribution in [3.05, 3.63) is 53.5 Å². The summed E-state index contributed by atoms with van der Waals surface area (Å²) in [4.78, 5) is 21.7. The van der Waals surface area contributed by atoms with Gasteiger partial charge in [-0.1, -0.05) is 6.58 Å². The highest BCUT2D eigenvalue weighted by Gasteiger charge is 2.41. The Morgan fingerprint density at radius 3 is 2.67 bits per heavy atom. The van der Waals surface area contributed by atoms with Gasteiger partial charge in [-0.25, -0.2) is 4.98 Å². The summed E-state index contributed by atoms with van der Waals surface area (Å²) < 4.78 is 0. The number of rotatable bonds is 8. The molecule has 2 saturated carbocycles. The third-order valence-corrected chi connectivity index (χ3v) is 6.70. The predicted molar refractivity (Wildman–Crippen MR) is 128 cm³/mol. The smallest absolute Gasteiger partial charge is 0.225 e. The third-order valence-electron chi connectivity index (χ3n) is 6.70. The van der Waals surface area contributed by atoms with Gasteiger partial charge in [0.2, 0.25) is 5.91 Å². The molecule has 5 N–H and O–H groups in total. The molecule has 174 valence electrons. The van der Waals surface area contributed by atoms with Crippen molar-refractivity contribution < 1.29 is 9.90 Å². The van der Waals surface area contributed by atoms with Gasteiger partial charge >= 0.3 is 0 Å². The Morgan fingerprint density at radius 1 is 1.33 bits per heavy atom. The number of piperazine rings is 1. The summed E-state index contributed by atoms with van der Waals surface area (Å²) in [7, 11) is 0. The standard InChI is InChI=1S/C25H32N6O2/c1-2-20(28)11-18(13-26)21-12-19(14-27)25(29-24(21)17-5-6-17)30-8-9-31(23(33)7-10-32)22(15-30)16-3-4-16/h2,11-13,16-17,22,32H,1,3-10,15,26,28H2/b18-13+,20-11-. The van der Waals surface area contributed by atoms with Crippen LogP contribution in [0.3, 0.4) is 0 Å². The molecule has 1 aromatic rings. The van der Waals surface area contributed by atoms with Crippen LogP contribution in [0.1, 0.15) is 54.8 Å². The van der Waals surface area contributed by atoms with Gasteiger partial charge in [-0.2, -0.15) is 5.26 Å². The van der Waals surface area contributed by atoms with E-state index in [2.05, 4.69) is 17.5 Å². The minimum Gasteiger partial charge on any atom is -0.404 e. The molecule has 8 nitrogen and oxygen atoms in total. The first kappa shape index (κ1) is 22.9. The van der Waals surface area contributed by atoms with Crippen LogP contribution in [-0.4, -0.2) is 53.2 Å². The fraction of sp³-hybridized carbons (Fsp3) is 0.480. The Balaban J connectivity index is 1.69. The summed E-state index contributed by atoms with van der Waals surface area (Å²) in [6.45, 7) is 5.39. The second kappa shape index (κ2) is 9.67. The molecule has 0 aromatic carbocycles. The average molecular weight is 449 g/mol. The molecule has 2 aliphatic carbocycles. The highest BCUT2D eigenvalue weighted by Crippen LogP contribution is 2.44. The number of nitrogens with zero attached hydrogens (tertiary/aromatic N) is 4. The lowest BCUT2D eigenvalue weighted by Crippen LogP contribution is -2.56. The van der Waals surface area contributed by atoms with Crippen molar-refractivity contribution in [2.75, 3.05) is 31.1 Å². The number of hydrogen-bond donors (Lipinski definition) is 3. The van der Waals surface area contributed by atoms with Crippen LogP contribution in [0.25, 0.3) is 5.57 Å². The number of carbonyl (C=O) groups is 1. The van der Waals surface area contributed by atoms with Crippen LogP contribution >= 0.6 is 0 Å². The molecule has 1 aromatic heterocycles. The number of hydrogen-bond acceptors (Lipinski definition) is 7. The van der Waals surface area contributed by atoms with Crippen LogP contribution in [-0.2, 0) is 4.79 Å². The zero-order valence-electron chi connectivity index (χ0n) is 18.9. The van der Waals surface area contributed by atoms with E-state index in [-0.39, 0.29) is 25.0 Å². The molecule has 1 amide bonds. The highest BCUT2D eigenvalue weighted by molar-refractivity contribution is 5.79. The lowest BCUT2D eigenvalue weighted by atomic mass is 9.98. The Kier molecular flexibility index (Phi) is 6.70. The average Bonchev–Trinajstić information content (AvgIpc) is 3.74. The molecular formula is C25H32N6O2. The SMILES string of the molecule is C=C/C(N)=C/C(=C\N)c1cc(C#N)c(N2CCN(C(=O)CCO)C(C3CC3)C2)nc1C1CC1. The number of pyridine rings is 1. The quantitative estimate of drug-likeness (QED) is 0.518. The normalized spacial score (nSPS) is 21.6. The molecule has 0 bridgehead atoms. The van der Waals surface area contributed by atoms with Crippen LogP contribution in [0.15, 0.2) is 36.7 Å². The van der Waals surface area contributed by atoms with Gasteiger partial charge in [0.15, 0.2) is 0 Å². The lowest BCUT2D eigenvalue weighted by molar-refractivity contribution is -0.135. The van der Waals surface area contributed by atoms with E-state index in [1.165, 1.54) is 6.20 Å². The number of anilines is 1. The van der Waals surface area contributed by atoms with Gasteiger partial charge in [0.25, 0.3) is 0 Å². The van der Waals surface area contributed by atoms with Crippen LogP contribution in [0.4, 0.5) is 5.82 Å². The molecule has 1 saturated heterocycles. The van der Waals surface area contributed by atoms with Gasteiger partial charge in [-0.05, 0) is 49.8 Å². The van der Waals surface area contributed by atoms with E-state index in [0.29, 0.717) is 48.5 Å². The maximum Gasteiger partial charge on any atom is 0.225 e. The van der Waals surface area contributed by atoms with E-state index in [1.807, 2.05) is 11.0 Å². The van der Waals surface area contributed by atoms with Gasteiger partial charge in [0, 0.05) is 55.0 Å². The highest BCUT2D eigenvalue weighted by atomic mass is 16.3. The van der Waals surface area contributed by atoms with Gasteiger partial charge in [0.1, 0.15) is 11.9 Å². The van der Waals surface area contributed by atoms with Crippen LogP contribution in [0.2, 0.25) is 0 Å². The minimum absolute atomic E-state index is 0.000789. The Labute approximate surface area is 194 Å². The predicted octanol–water partition coefficient (Wildman–Crippen LogP) is 1.97. The fourth-order valence-corrected chi connectivity index (χ4v) is 4.63. The number of aromatic nitrogens is 1. The topological polar surface area (TPSA) is 132 Å². The Morgan fingerprint density at radius 2 is 2.09 bits per heavy atom. The Bertz CT molecular complexity index is 1030. The molecule has 1 atom stereocenters. The van der Waals surface area contributed by atoms with Crippen LogP contribution in [0, 0.1) is 17.2 Å². The first-order valence-corrected chi connectivity index (χ1v) is 11.6. The number of amides is 1. The van der Waals surface area contributed by atoms with Crippen molar-refractivity contribution in [2.24, 2.45) is 17.4 Å². The van der Waals surface area contributed by atoms with Crippen molar-refractivity contribution >= 4 is 17.3 Å². The maximum absolute atomic E-state index is 12.6. The molecule has 8 heteroatoms. The van der Waals surface area contributed by atoms with Crippen molar-refractivity contribution in [3.8, 4) is 6.07 Å². The second-order valence-electron chi connectivity index (χ2n) is 9.06. The number of nitrogens with two attached hydrogens (primary N) is 2. The first-order chi connectivity index (χ1) is 16.0. The summed E-state index contributed by atoms with van der Waals surface area (Å²) in [6, 6.07) is 4.28. The molecule has 3 fully saturated rings. The number of nitriles is 1. The number of aliphatic hydroxyl groups is 1. The summed E-state index contributed by atoms with van der Waals surface area (Å²) in [5, 5.41) is 19.2. The van der Waals surface area contributed by atoms with Crippen molar-refractivity contribution in [2.45, 2.75) is 44.1 Å². The molecular weight excluding hydrogens is 416 g/mol. The Hall–Kier alpha value is -3.31. The van der Waals surface area contributed by atoms with Gasteiger partial charge in [-0.3, -0.25) is 4.79 Å². The minimum atomic E-state index is -0.134. The van der Waals surface area contributed by atoms with Crippen molar-refractivity contribution in [3.63, 3.8) is 0 Å². The van der Waals surface area contributed by atoms with Crippen LogP contribution < -0.4 is 16.4 Å². The van der Waals surface area contributed by atoms with Crippen molar-refractivity contribution in [1.82, 2.24) is 9.88 Å². The number of allylic oxidation sites excluding steroid dienone is 3. The molecule has 0 spiro atoms. The molecule has 1 unspecified atom stereocenters. The maximum atomic E-state index is 12.6. The molecule has 3 aliphatic rings. The summed E-state index contributed by atoms with van der Waals surface area (Å²) in [5.41, 5.74) is 15.4. The van der Waals surface area contributed by atoms with E-state index in [9.17, 15) is 15.2 Å². The van der Waals surface area contributed by atoms with E-state index < -0.39 is 0 Å². The number of carbonyl (C=O) groups excluding carboxylic acids is 1. The van der Waals surface area contributed by atoms with E-state index >= 15 is 0 Å². The van der Waals surface area contributed by atoms with Gasteiger partial charge < -0.3 is 26.4 Å². The summed E-state index contributed by atoms with van der Waals surface area (Å²) in [5.74, 6) is 1.49. The molecule has 4 rings (SSSR count). The second-order valence-corrected chi connectivity index (χ2v) is 9.06. The summed E-state index contributed by atoms with van der Waals surface area (Å²) in [6.07, 6.45) is 9.28. The zero-order valence-corrected chi connectivity index (χ0v) is 18.9. The fourth-order valence-electron chi connectivity index (χ4n) is 4.63. The van der Waals surface area contributed by atoms with Crippen LogP contribution in [0.5, 0.6) is 0 Å². The van der Waals surface area contributed by atoms with E-state index in [4.69, 9.17) is 16.5 Å². The third kappa shape index (κ3) is 4.88. The van der Waals surface area contributed by atoms with E-state index in [0.717, 1.165) is 42.5 Å². The monoisotopic (exact) mass is 448 g/mol. The van der Waals surface area contributed by atoms with Gasteiger partial charge in [-0.15, -0.1) is 0 Å². The van der Waals surface area contributed by atoms with E-state index in [1.54, 1.807) is 12.2 Å². The largest absolute Gasteiger partial charge is 0.404 e. The van der Waals surface area contributed by atoms with Gasteiger partial charge in [0.05, 0.1) is 23.9 Å². The zero-order chi connectivity index (χ0) is 23.5. The molecule has 33 heavy (non-hydrogen) atoms. The molecule has 0 radical (unpaired) electrons. The summed E-state index contributed by atoms with van der Waals surface area (Å²) >= 11 is 0. The molecule has 1 aliphatic heterocycles. The molecule has 2 heterocycles.